The van der Waals surface area contributed by atoms with E-state index in [2.05, 4.69) is 31.8 Å². The Kier molecular flexibility index (Phi) is 8.65. The van der Waals surface area contributed by atoms with Gasteiger partial charge in [-0.15, -0.1) is 15.3 Å². The van der Waals surface area contributed by atoms with Gasteiger partial charge in [-0.05, 0) is 52.0 Å². The fourth-order valence-corrected chi connectivity index (χ4v) is 2.22. The van der Waals surface area contributed by atoms with Crippen molar-refractivity contribution in [1.29, 1.82) is 5.26 Å². The zero-order valence-electron chi connectivity index (χ0n) is 17.7. The van der Waals surface area contributed by atoms with Crippen molar-refractivity contribution in [3.8, 4) is 17.7 Å². The Morgan fingerprint density at radius 2 is 2.00 bits per heavy atom. The summed E-state index contributed by atoms with van der Waals surface area (Å²) >= 11 is 0. The van der Waals surface area contributed by atoms with Crippen LogP contribution in [0.1, 0.15) is 33.3 Å². The van der Waals surface area contributed by atoms with Crippen LogP contribution in [0.15, 0.2) is 46.6 Å². The Balaban J connectivity index is 1.74. The zero-order chi connectivity index (χ0) is 22.0. The lowest BCUT2D eigenvalue weighted by atomic mass is 10.1. The van der Waals surface area contributed by atoms with E-state index in [1.807, 2.05) is 27.7 Å². The molecule has 0 aliphatic carbocycles. The topological polar surface area (TPSA) is 125 Å². The third-order valence-electron chi connectivity index (χ3n) is 3.82. The van der Waals surface area contributed by atoms with Gasteiger partial charge in [0.25, 0.3) is 0 Å². The Labute approximate surface area is 176 Å². The quantitative estimate of drug-likeness (QED) is 0.543. The molecule has 1 unspecified atom stereocenters. The number of rotatable bonds is 11. The molecule has 2 rings (SSSR count). The van der Waals surface area contributed by atoms with Crippen molar-refractivity contribution in [2.45, 2.75) is 45.4 Å². The summed E-state index contributed by atoms with van der Waals surface area (Å²) in [5, 5.41) is 38.3. The van der Waals surface area contributed by atoms with E-state index in [-0.39, 0.29) is 12.6 Å². The number of benzene rings is 1. The van der Waals surface area contributed by atoms with Crippen LogP contribution >= 0.6 is 0 Å². The number of aliphatic hydroxyl groups excluding tert-OH is 1. The summed E-state index contributed by atoms with van der Waals surface area (Å²) in [7, 11) is 0. The Bertz CT molecular complexity index is 862. The maximum Gasteiger partial charge on any atom is 0.233 e. The highest BCUT2D eigenvalue weighted by Crippen LogP contribution is 2.15. The molecular weight excluding hydrogens is 384 g/mol. The number of aliphatic hydroxyl groups is 1. The van der Waals surface area contributed by atoms with Gasteiger partial charge in [-0.3, -0.25) is 0 Å². The van der Waals surface area contributed by atoms with Gasteiger partial charge in [0.05, 0.1) is 17.7 Å². The largest absolute Gasteiger partial charge is 0.491 e. The highest BCUT2D eigenvalue weighted by Gasteiger charge is 2.20. The van der Waals surface area contributed by atoms with Gasteiger partial charge < -0.3 is 19.9 Å². The molecule has 9 heteroatoms. The number of nitrogens with zero attached hydrogens (tertiary/aromatic N) is 5. The molecule has 0 aliphatic rings. The van der Waals surface area contributed by atoms with Crippen molar-refractivity contribution in [2.24, 2.45) is 10.2 Å². The third-order valence-corrected chi connectivity index (χ3v) is 3.82. The van der Waals surface area contributed by atoms with Crippen LogP contribution in [0.3, 0.4) is 0 Å². The van der Waals surface area contributed by atoms with Crippen LogP contribution in [-0.4, -0.2) is 52.7 Å². The smallest absolute Gasteiger partial charge is 0.233 e. The highest BCUT2D eigenvalue weighted by molar-refractivity contribution is 5.36. The average molecular weight is 412 g/mol. The molecule has 0 saturated heterocycles. The first-order chi connectivity index (χ1) is 14.3. The molecular formula is C21H28N6O3. The molecule has 0 aliphatic heterocycles. The Hall–Kier alpha value is -3.09. The highest BCUT2D eigenvalue weighted by atomic mass is 16.5. The monoisotopic (exact) mass is 412 g/mol. The lowest BCUT2D eigenvalue weighted by Gasteiger charge is -2.27. The van der Waals surface area contributed by atoms with Gasteiger partial charge in [0.1, 0.15) is 25.1 Å². The van der Waals surface area contributed by atoms with Crippen molar-refractivity contribution < 1.29 is 14.6 Å². The minimum atomic E-state index is -0.722. The number of nitriles is 1. The molecule has 0 fully saturated rings. The molecule has 160 valence electrons. The molecule has 1 atom stereocenters. The van der Waals surface area contributed by atoms with Crippen LogP contribution in [-0.2, 0) is 0 Å². The fourth-order valence-electron chi connectivity index (χ4n) is 2.22. The number of nitrogens with one attached hydrogen (secondary N) is 1. The van der Waals surface area contributed by atoms with Crippen LogP contribution in [0.2, 0.25) is 0 Å². The lowest BCUT2D eigenvalue weighted by Crippen LogP contribution is -2.48. The number of hydrogen-bond acceptors (Lipinski definition) is 9. The summed E-state index contributed by atoms with van der Waals surface area (Å²) in [5.74, 6) is 1.36. The predicted molar refractivity (Wildman–Crippen MR) is 112 cm³/mol. The minimum Gasteiger partial charge on any atom is -0.491 e. The first-order valence-corrected chi connectivity index (χ1v) is 9.71. The van der Waals surface area contributed by atoms with E-state index in [1.165, 1.54) is 0 Å². The molecule has 1 aromatic carbocycles. The van der Waals surface area contributed by atoms with Crippen molar-refractivity contribution in [3.63, 3.8) is 0 Å². The Morgan fingerprint density at radius 1 is 1.20 bits per heavy atom. The van der Waals surface area contributed by atoms with Crippen molar-refractivity contribution in [2.75, 3.05) is 19.8 Å². The molecule has 2 aromatic rings. The molecule has 30 heavy (non-hydrogen) atoms. The summed E-state index contributed by atoms with van der Waals surface area (Å²) in [4.78, 5) is 0. The fraction of sp³-hybridized carbons (Fsp3) is 0.476. The minimum absolute atomic E-state index is 0.0954. The second-order valence-electron chi connectivity index (χ2n) is 7.70. The molecule has 0 saturated carbocycles. The molecule has 0 bridgehead atoms. The van der Waals surface area contributed by atoms with E-state index in [9.17, 15) is 5.11 Å². The molecule has 1 aromatic heterocycles. The van der Waals surface area contributed by atoms with E-state index in [0.29, 0.717) is 36.2 Å². The predicted octanol–water partition coefficient (Wildman–Crippen LogP) is 3.03. The van der Waals surface area contributed by atoms with Crippen LogP contribution in [0, 0.1) is 11.3 Å². The standard InChI is InChI=1S/C21H28N6O3/c1-15(2)24-25-19-8-9-20(27-26-19)30-14-21(3,4)23-12-17(28)13-29-18-7-5-6-16(10-18)11-22/h5-10,15,17,23,28H,12-14H2,1-4H3. The summed E-state index contributed by atoms with van der Waals surface area (Å²) in [6.07, 6.45) is -0.722. The van der Waals surface area contributed by atoms with Crippen LogP contribution in [0.5, 0.6) is 11.6 Å². The number of aromatic nitrogens is 2. The number of β-amino-alcohol motifs (C(OH)–C–C–N with tert-alkyl or cyclic N) is 1. The maximum atomic E-state index is 10.2. The van der Waals surface area contributed by atoms with Gasteiger partial charge in [-0.1, -0.05) is 6.07 Å². The molecule has 0 spiro atoms. The van der Waals surface area contributed by atoms with Crippen LogP contribution in [0.25, 0.3) is 0 Å². The average Bonchev–Trinajstić information content (AvgIpc) is 2.74. The molecule has 0 amide bonds. The second kappa shape index (κ2) is 11.2. The van der Waals surface area contributed by atoms with Gasteiger partial charge in [-0.25, -0.2) is 0 Å². The number of ether oxygens (including phenoxy) is 2. The third kappa shape index (κ3) is 8.51. The number of azo groups is 1. The second-order valence-corrected chi connectivity index (χ2v) is 7.70. The van der Waals surface area contributed by atoms with Gasteiger partial charge in [0.15, 0.2) is 5.82 Å². The number of hydrogen-bond donors (Lipinski definition) is 2. The first kappa shape index (κ1) is 23.2. The van der Waals surface area contributed by atoms with Gasteiger partial charge in [0, 0.05) is 18.2 Å². The van der Waals surface area contributed by atoms with Crippen molar-refractivity contribution in [1.82, 2.24) is 15.5 Å². The van der Waals surface area contributed by atoms with E-state index < -0.39 is 11.6 Å². The van der Waals surface area contributed by atoms with E-state index in [4.69, 9.17) is 14.7 Å². The molecule has 0 radical (unpaired) electrons. The molecule has 9 nitrogen and oxygen atoms in total. The normalized spacial score (nSPS) is 12.7. The van der Waals surface area contributed by atoms with Gasteiger partial charge in [-0.2, -0.15) is 10.4 Å². The van der Waals surface area contributed by atoms with Crippen LogP contribution < -0.4 is 14.8 Å². The van der Waals surface area contributed by atoms with Gasteiger partial charge in [0.2, 0.25) is 5.88 Å². The summed E-state index contributed by atoms with van der Waals surface area (Å²) in [5.41, 5.74) is 0.0943. The molecule has 1 heterocycles. The van der Waals surface area contributed by atoms with E-state index in [1.54, 1.807) is 36.4 Å². The van der Waals surface area contributed by atoms with E-state index >= 15 is 0 Å². The first-order valence-electron chi connectivity index (χ1n) is 9.71. The zero-order valence-corrected chi connectivity index (χ0v) is 17.7. The maximum absolute atomic E-state index is 10.2. The SMILES string of the molecule is CC(C)N=Nc1ccc(OCC(C)(C)NCC(O)COc2cccc(C#N)c2)nn1. The summed E-state index contributed by atoms with van der Waals surface area (Å²) in [6.45, 7) is 8.51. The Morgan fingerprint density at radius 3 is 2.67 bits per heavy atom. The lowest BCUT2D eigenvalue weighted by molar-refractivity contribution is 0.0923. The van der Waals surface area contributed by atoms with Gasteiger partial charge >= 0.3 is 0 Å². The summed E-state index contributed by atoms with van der Waals surface area (Å²) in [6, 6.07) is 12.3. The van der Waals surface area contributed by atoms with Crippen LogP contribution in [0.4, 0.5) is 5.82 Å². The van der Waals surface area contributed by atoms with E-state index in [0.717, 1.165) is 0 Å². The van der Waals surface area contributed by atoms with Crippen molar-refractivity contribution >= 4 is 5.82 Å². The summed E-state index contributed by atoms with van der Waals surface area (Å²) < 4.78 is 11.2. The molecule has 2 N–H and O–H groups in total. The van der Waals surface area contributed by atoms with Crippen molar-refractivity contribution in [3.05, 3.63) is 42.0 Å².